The van der Waals surface area contributed by atoms with E-state index in [1.165, 1.54) is 7.11 Å². The van der Waals surface area contributed by atoms with E-state index in [1.54, 1.807) is 6.20 Å². The molecule has 6 heteroatoms. The summed E-state index contributed by atoms with van der Waals surface area (Å²) >= 11 is 3.42. The zero-order valence-corrected chi connectivity index (χ0v) is 12.7. The van der Waals surface area contributed by atoms with Crippen LogP contribution in [-0.2, 0) is 9.53 Å². The Labute approximate surface area is 125 Å². The van der Waals surface area contributed by atoms with Gasteiger partial charge in [0.25, 0.3) is 0 Å². The standard InChI is InChI=1S/C14H16BrN3O2/c1-20-13(19)3-2-6-17-14-10-5-4-9(15)7-12(10)18-8-11(14)16/h4-5,7-8H,2-3,6,16H2,1H3,(H,17,18). The number of carbonyl (C=O) groups excluding carboxylic acids is 1. The van der Waals surface area contributed by atoms with E-state index < -0.39 is 0 Å². The summed E-state index contributed by atoms with van der Waals surface area (Å²) < 4.78 is 5.57. The van der Waals surface area contributed by atoms with Crippen molar-refractivity contribution in [3.63, 3.8) is 0 Å². The molecule has 3 N–H and O–H groups in total. The van der Waals surface area contributed by atoms with Crippen LogP contribution in [0, 0.1) is 0 Å². The van der Waals surface area contributed by atoms with E-state index >= 15 is 0 Å². The van der Waals surface area contributed by atoms with Crippen LogP contribution in [0.1, 0.15) is 12.8 Å². The molecule has 5 nitrogen and oxygen atoms in total. The number of pyridine rings is 1. The largest absolute Gasteiger partial charge is 0.469 e. The van der Waals surface area contributed by atoms with Gasteiger partial charge in [-0.2, -0.15) is 0 Å². The lowest BCUT2D eigenvalue weighted by Crippen LogP contribution is -2.08. The van der Waals surface area contributed by atoms with E-state index in [2.05, 4.69) is 31.0 Å². The number of nitrogens with zero attached hydrogens (tertiary/aromatic N) is 1. The fraction of sp³-hybridized carbons (Fsp3) is 0.286. The van der Waals surface area contributed by atoms with Gasteiger partial charge in [0.1, 0.15) is 0 Å². The average molecular weight is 338 g/mol. The Morgan fingerprint density at radius 2 is 2.30 bits per heavy atom. The van der Waals surface area contributed by atoms with Crippen molar-refractivity contribution in [2.75, 3.05) is 24.7 Å². The minimum atomic E-state index is -0.205. The highest BCUT2D eigenvalue weighted by atomic mass is 79.9. The third kappa shape index (κ3) is 3.39. The molecule has 0 radical (unpaired) electrons. The van der Waals surface area contributed by atoms with E-state index in [9.17, 15) is 4.79 Å². The molecule has 2 rings (SSSR count). The van der Waals surface area contributed by atoms with Gasteiger partial charge in [0.15, 0.2) is 0 Å². The van der Waals surface area contributed by atoms with Gasteiger partial charge in [-0.05, 0) is 24.6 Å². The number of ether oxygens (including phenoxy) is 1. The molecule has 0 saturated carbocycles. The Morgan fingerprint density at radius 1 is 1.50 bits per heavy atom. The number of anilines is 2. The summed E-state index contributed by atoms with van der Waals surface area (Å²) in [5, 5.41) is 4.23. The van der Waals surface area contributed by atoms with E-state index in [0.29, 0.717) is 25.1 Å². The number of methoxy groups -OCH3 is 1. The van der Waals surface area contributed by atoms with Gasteiger partial charge in [-0.15, -0.1) is 0 Å². The monoisotopic (exact) mass is 337 g/mol. The molecule has 0 saturated heterocycles. The number of hydrogen-bond acceptors (Lipinski definition) is 5. The van der Waals surface area contributed by atoms with Crippen molar-refractivity contribution < 1.29 is 9.53 Å². The van der Waals surface area contributed by atoms with Crippen LogP contribution in [-0.4, -0.2) is 24.6 Å². The molecule has 106 valence electrons. The lowest BCUT2D eigenvalue weighted by molar-refractivity contribution is -0.140. The maximum atomic E-state index is 11.1. The summed E-state index contributed by atoms with van der Waals surface area (Å²) in [6, 6.07) is 5.85. The molecule has 0 atom stereocenters. The van der Waals surface area contributed by atoms with Crippen LogP contribution < -0.4 is 11.1 Å². The lowest BCUT2D eigenvalue weighted by atomic mass is 10.1. The van der Waals surface area contributed by atoms with Crippen molar-refractivity contribution in [1.29, 1.82) is 0 Å². The topological polar surface area (TPSA) is 77.2 Å². The SMILES string of the molecule is COC(=O)CCCNc1c(N)cnc2cc(Br)ccc12. The fourth-order valence-corrected chi connectivity index (χ4v) is 2.28. The Kier molecular flexibility index (Phi) is 4.79. The summed E-state index contributed by atoms with van der Waals surface area (Å²) in [6.07, 6.45) is 2.71. The van der Waals surface area contributed by atoms with Crippen molar-refractivity contribution in [2.45, 2.75) is 12.8 Å². The fourth-order valence-electron chi connectivity index (χ4n) is 1.93. The first kappa shape index (κ1) is 14.6. The molecule has 2 aromatic rings. The van der Waals surface area contributed by atoms with Gasteiger partial charge in [0.05, 0.1) is 30.2 Å². The predicted octanol–water partition coefficient (Wildman–Crippen LogP) is 2.94. The molecule has 0 amide bonds. The number of hydrogen-bond donors (Lipinski definition) is 2. The molecule has 0 aliphatic rings. The van der Waals surface area contributed by atoms with Crippen molar-refractivity contribution in [2.24, 2.45) is 0 Å². The number of aromatic nitrogens is 1. The van der Waals surface area contributed by atoms with E-state index in [1.807, 2.05) is 18.2 Å². The molecular formula is C14H16BrN3O2. The number of nitrogens with two attached hydrogens (primary N) is 1. The van der Waals surface area contributed by atoms with E-state index in [4.69, 9.17) is 5.73 Å². The lowest BCUT2D eigenvalue weighted by Gasteiger charge is -2.12. The minimum absolute atomic E-state index is 0.205. The third-order valence-corrected chi connectivity index (χ3v) is 3.44. The van der Waals surface area contributed by atoms with Crippen LogP contribution in [0.5, 0.6) is 0 Å². The summed E-state index contributed by atoms with van der Waals surface area (Å²) in [6.45, 7) is 0.647. The molecule has 0 unspecified atom stereocenters. The normalized spacial score (nSPS) is 10.5. The smallest absolute Gasteiger partial charge is 0.305 e. The molecular weight excluding hydrogens is 322 g/mol. The Balaban J connectivity index is 2.12. The van der Waals surface area contributed by atoms with Gasteiger partial charge < -0.3 is 15.8 Å². The number of fused-ring (bicyclic) bond motifs is 1. The maximum absolute atomic E-state index is 11.1. The summed E-state index contributed by atoms with van der Waals surface area (Å²) in [4.78, 5) is 15.4. The molecule has 1 aromatic heterocycles. The number of nitrogens with one attached hydrogen (secondary N) is 1. The minimum Gasteiger partial charge on any atom is -0.469 e. The molecule has 0 spiro atoms. The van der Waals surface area contributed by atoms with Crippen LogP contribution in [0.25, 0.3) is 10.9 Å². The number of carbonyl (C=O) groups is 1. The molecule has 1 heterocycles. The quantitative estimate of drug-likeness (QED) is 0.647. The number of rotatable bonds is 5. The molecule has 0 fully saturated rings. The van der Waals surface area contributed by atoms with Crippen molar-refractivity contribution in [1.82, 2.24) is 4.98 Å². The van der Waals surface area contributed by atoms with Crippen molar-refractivity contribution in [3.8, 4) is 0 Å². The van der Waals surface area contributed by atoms with E-state index in [0.717, 1.165) is 21.1 Å². The molecule has 0 aliphatic carbocycles. The Hall–Kier alpha value is -1.82. The first-order valence-corrected chi connectivity index (χ1v) is 7.05. The van der Waals surface area contributed by atoms with Gasteiger partial charge in [0.2, 0.25) is 0 Å². The second-order valence-corrected chi connectivity index (χ2v) is 5.27. The highest BCUT2D eigenvalue weighted by Gasteiger charge is 2.07. The third-order valence-electron chi connectivity index (χ3n) is 2.95. The summed E-state index contributed by atoms with van der Waals surface area (Å²) in [5.41, 5.74) is 8.28. The molecule has 20 heavy (non-hydrogen) atoms. The second-order valence-electron chi connectivity index (χ2n) is 4.36. The average Bonchev–Trinajstić information content (AvgIpc) is 2.45. The molecule has 1 aromatic carbocycles. The van der Waals surface area contributed by atoms with Crippen molar-refractivity contribution in [3.05, 3.63) is 28.9 Å². The predicted molar refractivity (Wildman–Crippen MR) is 83.6 cm³/mol. The van der Waals surface area contributed by atoms with Gasteiger partial charge in [0, 0.05) is 22.8 Å². The first-order valence-electron chi connectivity index (χ1n) is 6.26. The first-order chi connectivity index (χ1) is 9.61. The summed E-state index contributed by atoms with van der Waals surface area (Å²) in [5.74, 6) is -0.205. The van der Waals surface area contributed by atoms with Gasteiger partial charge in [-0.3, -0.25) is 9.78 Å². The van der Waals surface area contributed by atoms with Gasteiger partial charge in [-0.25, -0.2) is 0 Å². The van der Waals surface area contributed by atoms with Crippen LogP contribution in [0.3, 0.4) is 0 Å². The van der Waals surface area contributed by atoms with Gasteiger partial charge >= 0.3 is 5.97 Å². The number of halogens is 1. The second kappa shape index (κ2) is 6.56. The van der Waals surface area contributed by atoms with E-state index in [-0.39, 0.29) is 5.97 Å². The Morgan fingerprint density at radius 3 is 3.05 bits per heavy atom. The number of benzene rings is 1. The maximum Gasteiger partial charge on any atom is 0.305 e. The van der Waals surface area contributed by atoms with Crippen LogP contribution in [0.2, 0.25) is 0 Å². The number of esters is 1. The van der Waals surface area contributed by atoms with Crippen LogP contribution in [0.15, 0.2) is 28.9 Å². The molecule has 0 aliphatic heterocycles. The zero-order chi connectivity index (χ0) is 14.5. The van der Waals surface area contributed by atoms with Crippen LogP contribution >= 0.6 is 15.9 Å². The summed E-state index contributed by atoms with van der Waals surface area (Å²) in [7, 11) is 1.39. The van der Waals surface area contributed by atoms with Crippen LogP contribution in [0.4, 0.5) is 11.4 Å². The molecule has 0 bridgehead atoms. The van der Waals surface area contributed by atoms with Crippen molar-refractivity contribution >= 4 is 44.2 Å². The van der Waals surface area contributed by atoms with Gasteiger partial charge in [-0.1, -0.05) is 15.9 Å². The zero-order valence-electron chi connectivity index (χ0n) is 11.1. The highest BCUT2D eigenvalue weighted by molar-refractivity contribution is 9.10. The Bertz CT molecular complexity index is 631. The number of nitrogen functional groups attached to an aromatic ring is 1. The highest BCUT2D eigenvalue weighted by Crippen LogP contribution is 2.29.